The molecule has 0 spiro atoms. The summed E-state index contributed by atoms with van der Waals surface area (Å²) < 4.78 is 0. The van der Waals surface area contributed by atoms with Crippen molar-refractivity contribution in [3.05, 3.63) is 126 Å². The highest BCUT2D eigenvalue weighted by Crippen LogP contribution is 2.55. The average Bonchev–Trinajstić information content (AvgIpc) is 3.53. The number of hydrogen-bond donors (Lipinski definition) is 0. The summed E-state index contributed by atoms with van der Waals surface area (Å²) in [5.74, 6) is 1.57. The van der Waals surface area contributed by atoms with Crippen LogP contribution in [-0.4, -0.2) is 0 Å². The molecule has 2 aliphatic carbocycles. The van der Waals surface area contributed by atoms with Crippen LogP contribution in [0.25, 0.3) is 21.9 Å². The first-order chi connectivity index (χ1) is 17.3. The molecule has 2 aliphatic rings. The zero-order chi connectivity index (χ0) is 23.4. The molecule has 5 aromatic carbocycles. The molecule has 0 aliphatic heterocycles. The minimum absolute atomic E-state index is 0.769. The van der Waals surface area contributed by atoms with Gasteiger partial charge in [0.25, 0.3) is 0 Å². The Bertz CT molecular complexity index is 1490. The third kappa shape index (κ3) is 3.30. The van der Waals surface area contributed by atoms with Gasteiger partial charge in [0.2, 0.25) is 0 Å². The van der Waals surface area contributed by atoms with E-state index >= 15 is 0 Å². The molecule has 1 nitrogen and oxygen atoms in total. The quantitative estimate of drug-likeness (QED) is 0.263. The van der Waals surface area contributed by atoms with E-state index < -0.39 is 0 Å². The van der Waals surface area contributed by atoms with Crippen LogP contribution in [0.2, 0.25) is 0 Å². The molecule has 1 saturated carbocycles. The van der Waals surface area contributed by atoms with Gasteiger partial charge in [0.15, 0.2) is 0 Å². The lowest BCUT2D eigenvalue weighted by atomic mass is 9.85. The van der Waals surface area contributed by atoms with E-state index in [-0.39, 0.29) is 0 Å². The van der Waals surface area contributed by atoms with Gasteiger partial charge in [0.05, 0.1) is 5.69 Å². The lowest BCUT2D eigenvalue weighted by Gasteiger charge is -2.27. The van der Waals surface area contributed by atoms with Crippen molar-refractivity contribution >= 4 is 27.8 Å². The molecule has 0 aromatic heterocycles. The number of aryl methyl sites for hydroxylation is 1. The number of anilines is 3. The minimum atomic E-state index is 0.769. The molecule has 0 saturated heterocycles. The molecule has 0 radical (unpaired) electrons. The number of para-hydroxylation sites is 2. The summed E-state index contributed by atoms with van der Waals surface area (Å²) in [5, 5.41) is 2.58. The van der Waals surface area contributed by atoms with E-state index in [9.17, 15) is 0 Å². The van der Waals surface area contributed by atoms with E-state index in [0.29, 0.717) is 0 Å². The molecule has 5 aromatic rings. The van der Waals surface area contributed by atoms with Crippen LogP contribution in [0.15, 0.2) is 109 Å². The van der Waals surface area contributed by atoms with Crippen molar-refractivity contribution in [2.24, 2.45) is 0 Å². The first kappa shape index (κ1) is 20.5. The largest absolute Gasteiger partial charge is 0.310 e. The molecular formula is C34H29N. The van der Waals surface area contributed by atoms with Crippen molar-refractivity contribution in [1.29, 1.82) is 0 Å². The van der Waals surface area contributed by atoms with Crippen LogP contribution in [0.1, 0.15) is 47.8 Å². The molecule has 0 amide bonds. The minimum Gasteiger partial charge on any atom is -0.310 e. The Morgan fingerprint density at radius 1 is 0.629 bits per heavy atom. The maximum absolute atomic E-state index is 2.51. The van der Waals surface area contributed by atoms with E-state index in [1.807, 2.05) is 0 Å². The predicted molar refractivity (Wildman–Crippen MR) is 148 cm³/mol. The molecule has 0 heterocycles. The van der Waals surface area contributed by atoms with Crippen LogP contribution in [0.5, 0.6) is 0 Å². The third-order valence-corrected chi connectivity index (χ3v) is 8.18. The fourth-order valence-corrected chi connectivity index (χ4v) is 6.71. The summed E-state index contributed by atoms with van der Waals surface area (Å²) in [6.45, 7) is 2.33. The maximum Gasteiger partial charge on any atom is 0.0540 e. The Morgan fingerprint density at radius 2 is 1.26 bits per heavy atom. The molecule has 2 atom stereocenters. The van der Waals surface area contributed by atoms with E-state index in [2.05, 4.69) is 121 Å². The summed E-state index contributed by atoms with van der Waals surface area (Å²) in [5.41, 5.74) is 11.0. The molecule has 35 heavy (non-hydrogen) atoms. The Hall–Kier alpha value is -3.84. The van der Waals surface area contributed by atoms with Gasteiger partial charge in [-0.2, -0.15) is 0 Å². The fourth-order valence-electron chi connectivity index (χ4n) is 6.71. The maximum atomic E-state index is 2.51. The van der Waals surface area contributed by atoms with Crippen molar-refractivity contribution in [2.75, 3.05) is 4.90 Å². The highest BCUT2D eigenvalue weighted by Gasteiger charge is 2.38. The zero-order valence-electron chi connectivity index (χ0n) is 20.1. The number of benzene rings is 5. The van der Waals surface area contributed by atoms with Crippen LogP contribution in [0.3, 0.4) is 0 Å². The summed E-state index contributed by atoms with van der Waals surface area (Å²) >= 11 is 0. The van der Waals surface area contributed by atoms with Gasteiger partial charge in [0.1, 0.15) is 0 Å². The second kappa shape index (κ2) is 8.13. The number of fused-ring (bicyclic) bond motifs is 6. The topological polar surface area (TPSA) is 3.24 Å². The highest BCUT2D eigenvalue weighted by molar-refractivity contribution is 6.06. The number of rotatable bonds is 4. The predicted octanol–water partition coefficient (Wildman–Crippen LogP) is 9.65. The second-order valence-electron chi connectivity index (χ2n) is 10.2. The van der Waals surface area contributed by atoms with Gasteiger partial charge < -0.3 is 4.90 Å². The van der Waals surface area contributed by atoms with Gasteiger partial charge in [-0.15, -0.1) is 0 Å². The van der Waals surface area contributed by atoms with Crippen LogP contribution >= 0.6 is 0 Å². The Labute approximate surface area is 207 Å². The van der Waals surface area contributed by atoms with Gasteiger partial charge in [-0.3, -0.25) is 0 Å². The van der Waals surface area contributed by atoms with Crippen molar-refractivity contribution < 1.29 is 0 Å². The smallest absolute Gasteiger partial charge is 0.0540 e. The van der Waals surface area contributed by atoms with Crippen molar-refractivity contribution in [2.45, 2.75) is 38.0 Å². The molecule has 2 bridgehead atoms. The van der Waals surface area contributed by atoms with Gasteiger partial charge in [0, 0.05) is 16.8 Å². The molecule has 170 valence electrons. The zero-order valence-corrected chi connectivity index (χ0v) is 20.1. The summed E-state index contributed by atoms with van der Waals surface area (Å²) in [7, 11) is 0. The first-order valence-corrected chi connectivity index (χ1v) is 12.8. The Balaban J connectivity index is 1.43. The number of hydrogen-bond acceptors (Lipinski definition) is 1. The van der Waals surface area contributed by atoms with Crippen LogP contribution in [0, 0.1) is 6.92 Å². The molecular weight excluding hydrogens is 422 g/mol. The van der Waals surface area contributed by atoms with E-state index in [1.165, 1.54) is 63.8 Å². The van der Waals surface area contributed by atoms with E-state index in [4.69, 9.17) is 0 Å². The summed E-state index contributed by atoms with van der Waals surface area (Å²) in [6, 6.07) is 39.9. The van der Waals surface area contributed by atoms with Crippen LogP contribution in [0.4, 0.5) is 17.1 Å². The highest BCUT2D eigenvalue weighted by atomic mass is 15.1. The lowest BCUT2D eigenvalue weighted by Crippen LogP contribution is -2.10. The summed E-state index contributed by atoms with van der Waals surface area (Å²) in [6.07, 6.45) is 4.11. The molecule has 2 unspecified atom stereocenters. The molecule has 0 N–H and O–H groups in total. The average molecular weight is 452 g/mol. The second-order valence-corrected chi connectivity index (χ2v) is 10.2. The van der Waals surface area contributed by atoms with Crippen molar-refractivity contribution in [1.82, 2.24) is 0 Å². The third-order valence-electron chi connectivity index (χ3n) is 8.18. The normalized spacial score (nSPS) is 18.1. The first-order valence-electron chi connectivity index (χ1n) is 12.8. The van der Waals surface area contributed by atoms with Crippen LogP contribution in [-0.2, 0) is 0 Å². The molecule has 1 heteroatoms. The van der Waals surface area contributed by atoms with E-state index in [1.54, 1.807) is 11.1 Å². The van der Waals surface area contributed by atoms with Crippen molar-refractivity contribution in [3.8, 4) is 11.1 Å². The standard InChI is InChI=1S/C34H29N/c1-23-20-26(22-32-24-16-17-25(21-24)34(23)32)29-18-19-33(31-15-9-8-14-30(29)31)35(27-10-4-2-5-11-27)28-12-6-3-7-13-28/h2-15,18-20,22,24-25H,16-17,21H2,1H3. The van der Waals surface area contributed by atoms with Crippen LogP contribution < -0.4 is 4.90 Å². The lowest BCUT2D eigenvalue weighted by molar-refractivity contribution is 0.714. The van der Waals surface area contributed by atoms with Gasteiger partial charge in [-0.05, 0) is 102 Å². The number of nitrogens with zero attached hydrogens (tertiary/aromatic N) is 1. The molecule has 1 fully saturated rings. The Kier molecular flexibility index (Phi) is 4.77. The summed E-state index contributed by atoms with van der Waals surface area (Å²) in [4.78, 5) is 2.37. The van der Waals surface area contributed by atoms with E-state index in [0.717, 1.165) is 11.8 Å². The van der Waals surface area contributed by atoms with Gasteiger partial charge >= 0.3 is 0 Å². The fraction of sp³-hybridized carbons (Fsp3) is 0.176. The Morgan fingerprint density at radius 3 is 1.97 bits per heavy atom. The van der Waals surface area contributed by atoms with Gasteiger partial charge in [-0.25, -0.2) is 0 Å². The monoisotopic (exact) mass is 451 g/mol. The SMILES string of the molecule is Cc1cc(-c2ccc(N(c3ccccc3)c3ccccc3)c3ccccc23)cc2c1C1CCC2C1. The van der Waals surface area contributed by atoms with Crippen molar-refractivity contribution in [3.63, 3.8) is 0 Å². The molecule has 7 rings (SSSR count). The van der Waals surface area contributed by atoms with Gasteiger partial charge in [-0.1, -0.05) is 78.9 Å².